The summed E-state index contributed by atoms with van der Waals surface area (Å²) in [6.07, 6.45) is 10.5. The van der Waals surface area contributed by atoms with Crippen LogP contribution in [0.1, 0.15) is 31.7 Å². The average Bonchev–Trinajstić information content (AvgIpc) is 3.46. The van der Waals surface area contributed by atoms with Gasteiger partial charge in [0.05, 0.1) is 36.6 Å². The first kappa shape index (κ1) is 22.9. The average molecular weight is 479 g/mol. The maximum atomic E-state index is 14.4. The fourth-order valence-corrected chi connectivity index (χ4v) is 4.09. The van der Waals surface area contributed by atoms with Gasteiger partial charge in [-0.25, -0.2) is 14.1 Å². The monoisotopic (exact) mass is 478 g/mol. The number of hydrogen-bond acceptors (Lipinski definition) is 7. The molecule has 1 aromatic carbocycles. The predicted octanol–water partition coefficient (Wildman–Crippen LogP) is 3.51. The molecule has 10 nitrogen and oxygen atoms in total. The molecule has 3 aromatic heterocycles. The maximum absolute atomic E-state index is 14.4. The van der Waals surface area contributed by atoms with Crippen molar-refractivity contribution in [1.82, 2.24) is 29.5 Å². The van der Waals surface area contributed by atoms with Crippen molar-refractivity contribution in [3.05, 3.63) is 54.4 Å². The van der Waals surface area contributed by atoms with Crippen molar-refractivity contribution in [2.45, 2.75) is 39.3 Å². The van der Waals surface area contributed by atoms with Gasteiger partial charge in [-0.3, -0.25) is 9.48 Å². The Hall–Kier alpha value is -3.86. The molecule has 11 heteroatoms. The quantitative estimate of drug-likeness (QED) is 0.367. The Morgan fingerprint density at radius 2 is 2.06 bits per heavy atom. The first-order chi connectivity index (χ1) is 17.1. The third kappa shape index (κ3) is 5.29. The van der Waals surface area contributed by atoms with E-state index in [1.807, 2.05) is 10.9 Å². The van der Waals surface area contributed by atoms with E-state index in [1.165, 1.54) is 18.6 Å². The number of anilines is 3. The number of unbranched alkanes of at least 4 members (excludes halogenated alkanes) is 2. The third-order valence-electron chi connectivity index (χ3n) is 5.83. The number of nitrogens with one attached hydrogen (secondary N) is 1. The SMILES string of the molecule is CCCCCn1cc(Nc2ncc3cnn(Cc4cc(F)cc(N5CCOCC5=O)c4)c3n2)cn1. The zero-order valence-electron chi connectivity index (χ0n) is 19.5. The molecule has 0 bridgehead atoms. The number of carbonyl (C=O) groups is 1. The molecule has 1 saturated heterocycles. The van der Waals surface area contributed by atoms with E-state index < -0.39 is 5.82 Å². The fraction of sp³-hybridized carbons (Fsp3) is 0.375. The highest BCUT2D eigenvalue weighted by Gasteiger charge is 2.21. The van der Waals surface area contributed by atoms with Crippen molar-refractivity contribution in [1.29, 1.82) is 0 Å². The van der Waals surface area contributed by atoms with Crippen LogP contribution in [-0.4, -0.2) is 55.2 Å². The van der Waals surface area contributed by atoms with Crippen molar-refractivity contribution in [3.8, 4) is 0 Å². The molecule has 0 unspecified atom stereocenters. The number of hydrogen-bond donors (Lipinski definition) is 1. The summed E-state index contributed by atoms with van der Waals surface area (Å²) in [5.74, 6) is -0.179. The smallest absolute Gasteiger partial charge is 0.253 e. The fourth-order valence-electron chi connectivity index (χ4n) is 4.09. The van der Waals surface area contributed by atoms with E-state index in [0.717, 1.165) is 30.5 Å². The number of halogens is 1. The number of carbonyl (C=O) groups excluding carboxylic acids is 1. The molecule has 4 heterocycles. The van der Waals surface area contributed by atoms with E-state index >= 15 is 0 Å². The van der Waals surface area contributed by atoms with Crippen LogP contribution in [0.3, 0.4) is 0 Å². The maximum Gasteiger partial charge on any atom is 0.253 e. The lowest BCUT2D eigenvalue weighted by molar-refractivity contribution is -0.125. The van der Waals surface area contributed by atoms with Gasteiger partial charge in [0.25, 0.3) is 5.91 Å². The van der Waals surface area contributed by atoms with Crippen LogP contribution < -0.4 is 10.2 Å². The zero-order chi connectivity index (χ0) is 24.2. The number of rotatable bonds is 9. The molecule has 1 fully saturated rings. The van der Waals surface area contributed by atoms with E-state index in [2.05, 4.69) is 32.4 Å². The van der Waals surface area contributed by atoms with Gasteiger partial charge < -0.3 is 15.0 Å². The van der Waals surface area contributed by atoms with Crippen LogP contribution in [0.2, 0.25) is 0 Å². The lowest BCUT2D eigenvalue weighted by atomic mass is 10.1. The van der Waals surface area contributed by atoms with Crippen LogP contribution in [0.5, 0.6) is 0 Å². The van der Waals surface area contributed by atoms with Crippen molar-refractivity contribution >= 4 is 34.3 Å². The van der Waals surface area contributed by atoms with Gasteiger partial charge in [0.1, 0.15) is 12.4 Å². The highest BCUT2D eigenvalue weighted by Crippen LogP contribution is 2.23. The molecule has 0 atom stereocenters. The van der Waals surface area contributed by atoms with E-state index in [-0.39, 0.29) is 12.5 Å². The van der Waals surface area contributed by atoms with Crippen LogP contribution in [0, 0.1) is 5.82 Å². The highest BCUT2D eigenvalue weighted by molar-refractivity contribution is 5.94. The molecule has 0 radical (unpaired) electrons. The second kappa shape index (κ2) is 10.2. The van der Waals surface area contributed by atoms with Gasteiger partial charge in [-0.1, -0.05) is 19.8 Å². The Bertz CT molecular complexity index is 1330. The zero-order valence-corrected chi connectivity index (χ0v) is 19.5. The number of benzene rings is 1. The van der Waals surface area contributed by atoms with Gasteiger partial charge in [-0.2, -0.15) is 15.2 Å². The summed E-state index contributed by atoms with van der Waals surface area (Å²) in [7, 11) is 0. The molecular weight excluding hydrogens is 451 g/mol. The number of morpholine rings is 1. The van der Waals surface area contributed by atoms with Crippen molar-refractivity contribution in [3.63, 3.8) is 0 Å². The normalized spacial score (nSPS) is 14.1. The summed E-state index contributed by atoms with van der Waals surface area (Å²) in [6.45, 7) is 4.15. The number of ether oxygens (including phenoxy) is 1. The van der Waals surface area contributed by atoms with E-state index in [1.54, 1.807) is 34.2 Å². The summed E-state index contributed by atoms with van der Waals surface area (Å²) in [5.41, 5.74) is 2.60. The predicted molar refractivity (Wildman–Crippen MR) is 129 cm³/mol. The third-order valence-corrected chi connectivity index (χ3v) is 5.83. The Morgan fingerprint density at radius 1 is 1.14 bits per heavy atom. The molecule has 1 amide bonds. The summed E-state index contributed by atoms with van der Waals surface area (Å²) >= 11 is 0. The Balaban J connectivity index is 1.34. The van der Waals surface area contributed by atoms with Crippen molar-refractivity contribution < 1.29 is 13.9 Å². The van der Waals surface area contributed by atoms with Gasteiger partial charge in [0.15, 0.2) is 5.65 Å². The lowest BCUT2D eigenvalue weighted by Gasteiger charge is -2.27. The van der Waals surface area contributed by atoms with Crippen molar-refractivity contribution in [2.24, 2.45) is 0 Å². The number of nitrogens with zero attached hydrogens (tertiary/aromatic N) is 7. The topological polar surface area (TPSA) is 103 Å². The Labute approximate surface area is 201 Å². The summed E-state index contributed by atoms with van der Waals surface area (Å²) in [6, 6.07) is 4.60. The number of fused-ring (bicyclic) bond motifs is 1. The standard InChI is InChI=1S/C24H27FN8O2/c1-2-3-4-5-31-15-20(13-27-31)29-24-26-11-18-12-28-33(23(18)30-24)14-17-8-19(25)10-21(9-17)32-6-7-35-16-22(32)34/h8-13,15H,2-7,14,16H2,1H3,(H,26,29,30). The molecule has 1 aliphatic heterocycles. The molecular formula is C24H27FN8O2. The molecule has 0 aliphatic carbocycles. The van der Waals surface area contributed by atoms with Crippen LogP contribution in [0.25, 0.3) is 11.0 Å². The van der Waals surface area contributed by atoms with Gasteiger partial charge in [-0.05, 0) is 30.2 Å². The molecule has 4 aromatic rings. The van der Waals surface area contributed by atoms with Crippen LogP contribution in [0.15, 0.2) is 43.0 Å². The van der Waals surface area contributed by atoms with Crippen LogP contribution in [-0.2, 0) is 22.6 Å². The minimum absolute atomic E-state index is 0.0000196. The van der Waals surface area contributed by atoms with E-state index in [9.17, 15) is 9.18 Å². The van der Waals surface area contributed by atoms with Gasteiger partial charge in [0, 0.05) is 31.2 Å². The van der Waals surface area contributed by atoms with Gasteiger partial charge >= 0.3 is 0 Å². The number of aromatic nitrogens is 6. The van der Waals surface area contributed by atoms with Crippen LogP contribution in [0.4, 0.5) is 21.7 Å². The number of aryl methyl sites for hydroxylation is 1. The molecule has 5 rings (SSSR count). The minimum Gasteiger partial charge on any atom is -0.370 e. The van der Waals surface area contributed by atoms with Crippen LogP contribution >= 0.6 is 0 Å². The highest BCUT2D eigenvalue weighted by atomic mass is 19.1. The molecule has 182 valence electrons. The van der Waals surface area contributed by atoms with E-state index in [4.69, 9.17) is 4.74 Å². The largest absolute Gasteiger partial charge is 0.370 e. The van der Waals surface area contributed by atoms with E-state index in [0.29, 0.717) is 42.5 Å². The summed E-state index contributed by atoms with van der Waals surface area (Å²) < 4.78 is 23.2. The Morgan fingerprint density at radius 3 is 2.91 bits per heavy atom. The molecule has 1 N–H and O–H groups in total. The Kier molecular flexibility index (Phi) is 6.66. The first-order valence-electron chi connectivity index (χ1n) is 11.7. The number of amides is 1. The molecule has 0 spiro atoms. The van der Waals surface area contributed by atoms with Gasteiger partial charge in [0.2, 0.25) is 5.95 Å². The van der Waals surface area contributed by atoms with Crippen molar-refractivity contribution in [2.75, 3.05) is 30.0 Å². The second-order valence-electron chi connectivity index (χ2n) is 8.51. The summed E-state index contributed by atoms with van der Waals surface area (Å²) in [4.78, 5) is 22.7. The molecule has 35 heavy (non-hydrogen) atoms. The second-order valence-corrected chi connectivity index (χ2v) is 8.51. The summed E-state index contributed by atoms with van der Waals surface area (Å²) in [5, 5.41) is 12.8. The lowest BCUT2D eigenvalue weighted by Crippen LogP contribution is -2.41. The molecule has 1 aliphatic rings. The molecule has 0 saturated carbocycles. The van der Waals surface area contributed by atoms with Gasteiger partial charge in [-0.15, -0.1) is 0 Å². The minimum atomic E-state index is -0.416. The first-order valence-corrected chi connectivity index (χ1v) is 11.7.